The molecule has 1 aliphatic heterocycles. The van der Waals surface area contributed by atoms with Gasteiger partial charge in [-0.3, -0.25) is 9.59 Å². The highest BCUT2D eigenvalue weighted by Gasteiger charge is 2.32. The van der Waals surface area contributed by atoms with Crippen LogP contribution in [0.4, 0.5) is 0 Å². The van der Waals surface area contributed by atoms with E-state index < -0.39 is 0 Å². The standard InChI is InChI=1S/C18H22N4O4/c1-10-15(11(2)25-20-10)17(23)19-12-5-6-14-13(9-12)16(21-26-14)18(24)22-7-3-4-8-22/h12H,3-9H2,1-2H3,(H,19,23). The van der Waals surface area contributed by atoms with Gasteiger partial charge in [0.25, 0.3) is 11.8 Å². The van der Waals surface area contributed by atoms with Crippen LogP contribution in [0, 0.1) is 13.8 Å². The van der Waals surface area contributed by atoms with Crippen molar-refractivity contribution in [2.24, 2.45) is 0 Å². The van der Waals surface area contributed by atoms with Gasteiger partial charge in [-0.1, -0.05) is 10.3 Å². The highest BCUT2D eigenvalue weighted by molar-refractivity contribution is 5.96. The van der Waals surface area contributed by atoms with Crippen LogP contribution in [0.2, 0.25) is 0 Å². The average molecular weight is 358 g/mol. The number of aromatic nitrogens is 2. The van der Waals surface area contributed by atoms with E-state index in [0.29, 0.717) is 35.6 Å². The molecule has 2 aromatic heterocycles. The summed E-state index contributed by atoms with van der Waals surface area (Å²) in [6.07, 6.45) is 4.00. The second-order valence-electron chi connectivity index (χ2n) is 7.04. The van der Waals surface area contributed by atoms with Crippen LogP contribution in [-0.4, -0.2) is 46.2 Å². The third-order valence-electron chi connectivity index (χ3n) is 5.23. The van der Waals surface area contributed by atoms with Gasteiger partial charge in [-0.25, -0.2) is 0 Å². The minimum absolute atomic E-state index is 0.0646. The van der Waals surface area contributed by atoms with Crippen LogP contribution in [0.3, 0.4) is 0 Å². The number of aryl methyl sites for hydroxylation is 3. The first-order valence-corrected chi connectivity index (χ1v) is 9.05. The highest BCUT2D eigenvalue weighted by Crippen LogP contribution is 2.27. The molecule has 1 N–H and O–H groups in total. The van der Waals surface area contributed by atoms with Crippen LogP contribution < -0.4 is 5.32 Å². The van der Waals surface area contributed by atoms with Crippen molar-refractivity contribution in [3.05, 3.63) is 34.0 Å². The van der Waals surface area contributed by atoms with Crippen LogP contribution in [0.15, 0.2) is 9.05 Å². The zero-order valence-electron chi connectivity index (χ0n) is 15.0. The number of nitrogens with one attached hydrogen (secondary N) is 1. The van der Waals surface area contributed by atoms with Gasteiger partial charge in [-0.2, -0.15) is 0 Å². The molecule has 138 valence electrons. The van der Waals surface area contributed by atoms with Gasteiger partial charge < -0.3 is 19.3 Å². The monoisotopic (exact) mass is 358 g/mol. The molecule has 8 heteroatoms. The second-order valence-corrected chi connectivity index (χ2v) is 7.04. The van der Waals surface area contributed by atoms with E-state index in [-0.39, 0.29) is 17.9 Å². The summed E-state index contributed by atoms with van der Waals surface area (Å²) in [4.78, 5) is 27.1. The number of carbonyl (C=O) groups excluding carboxylic acids is 2. The molecule has 4 rings (SSSR count). The number of nitrogens with zero attached hydrogens (tertiary/aromatic N) is 3. The van der Waals surface area contributed by atoms with Crippen molar-refractivity contribution in [3.8, 4) is 0 Å². The van der Waals surface area contributed by atoms with Crippen LogP contribution >= 0.6 is 0 Å². The molecule has 1 aliphatic carbocycles. The molecular formula is C18H22N4O4. The third kappa shape index (κ3) is 2.89. The maximum Gasteiger partial charge on any atom is 0.276 e. The maximum atomic E-state index is 12.7. The summed E-state index contributed by atoms with van der Waals surface area (Å²) in [5, 5.41) is 10.9. The van der Waals surface area contributed by atoms with Crippen molar-refractivity contribution in [2.45, 2.75) is 52.0 Å². The van der Waals surface area contributed by atoms with Crippen molar-refractivity contribution in [3.63, 3.8) is 0 Å². The predicted molar refractivity (Wildman–Crippen MR) is 90.9 cm³/mol. The molecule has 2 amide bonds. The topological polar surface area (TPSA) is 101 Å². The summed E-state index contributed by atoms with van der Waals surface area (Å²) in [7, 11) is 0. The van der Waals surface area contributed by atoms with Gasteiger partial charge in [0, 0.05) is 31.1 Å². The molecule has 26 heavy (non-hydrogen) atoms. The van der Waals surface area contributed by atoms with Crippen molar-refractivity contribution in [1.82, 2.24) is 20.5 Å². The molecule has 0 spiro atoms. The fraction of sp³-hybridized carbons (Fsp3) is 0.556. The fourth-order valence-corrected chi connectivity index (χ4v) is 3.83. The van der Waals surface area contributed by atoms with Gasteiger partial charge in [0.1, 0.15) is 17.1 Å². The molecule has 1 unspecified atom stereocenters. The first kappa shape index (κ1) is 16.8. The molecule has 0 saturated carbocycles. The Bertz CT molecular complexity index is 828. The van der Waals surface area contributed by atoms with E-state index in [1.54, 1.807) is 13.8 Å². The van der Waals surface area contributed by atoms with E-state index in [2.05, 4.69) is 15.6 Å². The fourth-order valence-electron chi connectivity index (χ4n) is 3.83. The van der Waals surface area contributed by atoms with Gasteiger partial charge in [0.2, 0.25) is 0 Å². The van der Waals surface area contributed by atoms with Gasteiger partial charge in [-0.05, 0) is 39.5 Å². The number of fused-ring (bicyclic) bond motifs is 1. The van der Waals surface area contributed by atoms with E-state index in [9.17, 15) is 9.59 Å². The van der Waals surface area contributed by atoms with E-state index in [4.69, 9.17) is 9.05 Å². The van der Waals surface area contributed by atoms with Crippen LogP contribution in [0.5, 0.6) is 0 Å². The molecule has 1 saturated heterocycles. The van der Waals surface area contributed by atoms with Gasteiger partial charge in [0.15, 0.2) is 5.69 Å². The Kier molecular flexibility index (Phi) is 4.26. The minimum atomic E-state index is -0.196. The lowest BCUT2D eigenvalue weighted by Crippen LogP contribution is -2.39. The van der Waals surface area contributed by atoms with E-state index >= 15 is 0 Å². The van der Waals surface area contributed by atoms with Crippen LogP contribution in [0.1, 0.15) is 62.9 Å². The van der Waals surface area contributed by atoms with Crippen molar-refractivity contribution >= 4 is 11.8 Å². The Balaban J connectivity index is 1.50. The van der Waals surface area contributed by atoms with E-state index in [1.807, 2.05) is 4.90 Å². The molecule has 8 nitrogen and oxygen atoms in total. The van der Waals surface area contributed by atoms with Crippen molar-refractivity contribution in [1.29, 1.82) is 0 Å². The molecule has 2 aromatic rings. The minimum Gasteiger partial charge on any atom is -0.361 e. The number of amides is 2. The summed E-state index contributed by atoms with van der Waals surface area (Å²) in [6, 6.07) is -0.0757. The molecule has 0 radical (unpaired) electrons. The largest absolute Gasteiger partial charge is 0.361 e. The highest BCUT2D eigenvalue weighted by atomic mass is 16.5. The first-order chi connectivity index (χ1) is 12.5. The Morgan fingerprint density at radius 1 is 1.15 bits per heavy atom. The normalized spacial score (nSPS) is 19.5. The van der Waals surface area contributed by atoms with Crippen molar-refractivity contribution < 1.29 is 18.6 Å². The smallest absolute Gasteiger partial charge is 0.276 e. The molecule has 0 bridgehead atoms. The number of hydrogen-bond acceptors (Lipinski definition) is 6. The van der Waals surface area contributed by atoms with Gasteiger partial charge in [0.05, 0.1) is 5.69 Å². The zero-order chi connectivity index (χ0) is 18.3. The van der Waals surface area contributed by atoms with Gasteiger partial charge >= 0.3 is 0 Å². The number of likely N-dealkylation sites (tertiary alicyclic amines) is 1. The number of rotatable bonds is 3. The third-order valence-corrected chi connectivity index (χ3v) is 5.23. The second kappa shape index (κ2) is 6.59. The van der Waals surface area contributed by atoms with Gasteiger partial charge in [-0.15, -0.1) is 0 Å². The predicted octanol–water partition coefficient (Wildman–Crippen LogP) is 1.80. The molecule has 2 aliphatic rings. The zero-order valence-corrected chi connectivity index (χ0v) is 15.0. The number of carbonyl (C=O) groups is 2. The SMILES string of the molecule is Cc1noc(C)c1C(=O)NC1CCc2onc(C(=O)N3CCCC3)c2C1. The quantitative estimate of drug-likeness (QED) is 0.898. The van der Waals surface area contributed by atoms with E-state index in [0.717, 1.165) is 43.7 Å². The Labute approximate surface area is 150 Å². The lowest BCUT2D eigenvalue weighted by Gasteiger charge is -2.23. The lowest BCUT2D eigenvalue weighted by atomic mass is 9.91. The average Bonchev–Trinajstić information content (AvgIpc) is 3.34. The van der Waals surface area contributed by atoms with E-state index in [1.165, 1.54) is 0 Å². The Hall–Kier alpha value is -2.64. The first-order valence-electron chi connectivity index (χ1n) is 9.05. The summed E-state index contributed by atoms with van der Waals surface area (Å²) < 4.78 is 10.5. The molecular weight excluding hydrogens is 336 g/mol. The summed E-state index contributed by atoms with van der Waals surface area (Å²) in [5.74, 6) is 1.01. The molecule has 1 atom stereocenters. The Morgan fingerprint density at radius 3 is 2.62 bits per heavy atom. The van der Waals surface area contributed by atoms with Crippen LogP contribution in [0.25, 0.3) is 0 Å². The van der Waals surface area contributed by atoms with Crippen molar-refractivity contribution in [2.75, 3.05) is 13.1 Å². The Morgan fingerprint density at radius 2 is 1.92 bits per heavy atom. The van der Waals surface area contributed by atoms with Crippen LogP contribution in [-0.2, 0) is 12.8 Å². The summed E-state index contributed by atoms with van der Waals surface area (Å²) in [5.41, 5.74) is 2.29. The lowest BCUT2D eigenvalue weighted by molar-refractivity contribution is 0.0781. The summed E-state index contributed by atoms with van der Waals surface area (Å²) in [6.45, 7) is 5.01. The molecule has 1 fully saturated rings. The maximum absolute atomic E-state index is 12.7. The number of hydrogen-bond donors (Lipinski definition) is 1. The molecule has 3 heterocycles. The molecule has 0 aromatic carbocycles. The summed E-state index contributed by atoms with van der Waals surface area (Å²) >= 11 is 0.